The second-order valence-electron chi connectivity index (χ2n) is 4.22. The van der Waals surface area contributed by atoms with E-state index in [0.29, 0.717) is 12.1 Å². The van der Waals surface area contributed by atoms with Gasteiger partial charge in [0.05, 0.1) is 5.69 Å². The van der Waals surface area contributed by atoms with Crippen LogP contribution in [-0.4, -0.2) is 13.0 Å². The minimum absolute atomic E-state index is 0.255. The van der Waals surface area contributed by atoms with Crippen LogP contribution in [0.5, 0.6) is 0 Å². The summed E-state index contributed by atoms with van der Waals surface area (Å²) in [6.07, 6.45) is 0. The van der Waals surface area contributed by atoms with Crippen LogP contribution in [0.15, 0.2) is 48.5 Å². The van der Waals surface area contributed by atoms with E-state index in [0.717, 1.165) is 5.56 Å². The summed E-state index contributed by atoms with van der Waals surface area (Å²) < 4.78 is 13.6. The zero-order valence-corrected chi connectivity index (χ0v) is 10.6. The number of rotatable bonds is 3. The number of carbonyl (C=O) groups excluding carboxylic acids is 1. The Kier molecular flexibility index (Phi) is 3.92. The van der Waals surface area contributed by atoms with Crippen molar-refractivity contribution in [3.8, 4) is 0 Å². The zero-order chi connectivity index (χ0) is 13.8. The average molecular weight is 258 g/mol. The summed E-state index contributed by atoms with van der Waals surface area (Å²) in [4.78, 5) is 13.6. The van der Waals surface area contributed by atoms with Crippen molar-refractivity contribution in [3.05, 3.63) is 65.5 Å². The first kappa shape index (κ1) is 13.2. The van der Waals surface area contributed by atoms with Crippen molar-refractivity contribution < 1.29 is 9.18 Å². The van der Waals surface area contributed by atoms with Crippen molar-refractivity contribution in [2.24, 2.45) is 5.73 Å². The van der Waals surface area contributed by atoms with Gasteiger partial charge in [-0.25, -0.2) is 4.39 Å². The molecule has 0 radical (unpaired) electrons. The van der Waals surface area contributed by atoms with Gasteiger partial charge in [0.2, 0.25) is 0 Å². The highest BCUT2D eigenvalue weighted by Crippen LogP contribution is 2.19. The van der Waals surface area contributed by atoms with E-state index >= 15 is 0 Å². The lowest BCUT2D eigenvalue weighted by molar-refractivity contribution is 0.0992. The van der Waals surface area contributed by atoms with Crippen LogP contribution >= 0.6 is 0 Å². The van der Waals surface area contributed by atoms with Crippen molar-refractivity contribution >= 4 is 11.6 Å². The van der Waals surface area contributed by atoms with Crippen molar-refractivity contribution in [2.75, 3.05) is 11.9 Å². The highest BCUT2D eigenvalue weighted by molar-refractivity contribution is 6.05. The Labute approximate surface area is 111 Å². The van der Waals surface area contributed by atoms with E-state index < -0.39 is 5.82 Å². The molecule has 0 bridgehead atoms. The van der Waals surface area contributed by atoms with Gasteiger partial charge in [-0.2, -0.15) is 0 Å². The summed E-state index contributed by atoms with van der Waals surface area (Å²) in [6.45, 7) is 0.366. The number of carbonyl (C=O) groups is 1. The molecule has 2 rings (SSSR count). The van der Waals surface area contributed by atoms with Gasteiger partial charge in [0.1, 0.15) is 5.82 Å². The van der Waals surface area contributed by atoms with Crippen LogP contribution in [0.1, 0.15) is 15.9 Å². The van der Waals surface area contributed by atoms with E-state index in [1.165, 1.54) is 11.0 Å². The van der Waals surface area contributed by atoms with Gasteiger partial charge in [-0.3, -0.25) is 4.79 Å². The highest BCUT2D eigenvalue weighted by atomic mass is 19.1. The summed E-state index contributed by atoms with van der Waals surface area (Å²) in [6, 6.07) is 13.2. The molecule has 3 nitrogen and oxygen atoms in total. The second kappa shape index (κ2) is 5.63. The molecule has 1 amide bonds. The molecule has 0 aliphatic heterocycles. The van der Waals surface area contributed by atoms with Gasteiger partial charge in [0.25, 0.3) is 5.91 Å². The van der Waals surface area contributed by atoms with Gasteiger partial charge < -0.3 is 10.6 Å². The molecule has 19 heavy (non-hydrogen) atoms. The standard InChI is InChI=1S/C15H15FN2O/c1-18(14-8-3-2-7-13(14)16)15(19)12-6-4-5-11(9-12)10-17/h2-9H,10,17H2,1H3. The quantitative estimate of drug-likeness (QED) is 0.919. The molecular weight excluding hydrogens is 243 g/mol. The van der Waals surface area contributed by atoms with Gasteiger partial charge in [-0.05, 0) is 29.8 Å². The number of benzene rings is 2. The van der Waals surface area contributed by atoms with Crippen LogP contribution < -0.4 is 10.6 Å². The molecule has 0 fully saturated rings. The Bertz CT molecular complexity index is 598. The van der Waals surface area contributed by atoms with Crippen LogP contribution in [0.4, 0.5) is 10.1 Å². The van der Waals surface area contributed by atoms with Gasteiger partial charge in [-0.1, -0.05) is 24.3 Å². The summed E-state index contributed by atoms with van der Waals surface area (Å²) in [7, 11) is 1.55. The lowest BCUT2D eigenvalue weighted by Crippen LogP contribution is -2.27. The third-order valence-corrected chi connectivity index (χ3v) is 2.93. The van der Waals surface area contributed by atoms with Gasteiger partial charge in [-0.15, -0.1) is 0 Å². The van der Waals surface area contributed by atoms with Crippen LogP contribution in [0, 0.1) is 5.82 Å². The number of hydrogen-bond acceptors (Lipinski definition) is 2. The third-order valence-electron chi connectivity index (χ3n) is 2.93. The molecule has 0 aliphatic carbocycles. The molecular formula is C15H15FN2O. The fraction of sp³-hybridized carbons (Fsp3) is 0.133. The monoisotopic (exact) mass is 258 g/mol. The first-order valence-electron chi connectivity index (χ1n) is 5.95. The van der Waals surface area contributed by atoms with Crippen molar-refractivity contribution in [3.63, 3.8) is 0 Å². The Morgan fingerprint density at radius 3 is 2.63 bits per heavy atom. The molecule has 0 saturated carbocycles. The van der Waals surface area contributed by atoms with E-state index in [2.05, 4.69) is 0 Å². The number of nitrogens with two attached hydrogens (primary N) is 1. The topological polar surface area (TPSA) is 46.3 Å². The molecule has 98 valence electrons. The number of para-hydroxylation sites is 1. The largest absolute Gasteiger partial charge is 0.326 e. The fourth-order valence-electron chi connectivity index (χ4n) is 1.86. The molecule has 4 heteroatoms. The number of nitrogens with zero attached hydrogens (tertiary/aromatic N) is 1. The molecule has 0 atom stereocenters. The number of halogens is 1. The SMILES string of the molecule is CN(C(=O)c1cccc(CN)c1)c1ccccc1F. The van der Waals surface area contributed by atoms with Crippen LogP contribution in [0.25, 0.3) is 0 Å². The van der Waals surface area contributed by atoms with Crippen LogP contribution in [0.2, 0.25) is 0 Å². The van der Waals surface area contributed by atoms with Crippen molar-refractivity contribution in [2.45, 2.75) is 6.54 Å². The fourth-order valence-corrected chi connectivity index (χ4v) is 1.86. The van der Waals surface area contributed by atoms with Gasteiger partial charge >= 0.3 is 0 Å². The minimum Gasteiger partial charge on any atom is -0.326 e. The maximum Gasteiger partial charge on any atom is 0.258 e. The predicted molar refractivity (Wildman–Crippen MR) is 73.5 cm³/mol. The number of amides is 1. The lowest BCUT2D eigenvalue weighted by atomic mass is 10.1. The number of hydrogen-bond donors (Lipinski definition) is 1. The van der Waals surface area contributed by atoms with E-state index in [9.17, 15) is 9.18 Å². The van der Waals surface area contributed by atoms with E-state index in [1.807, 2.05) is 6.07 Å². The summed E-state index contributed by atoms with van der Waals surface area (Å²) in [5.41, 5.74) is 7.16. The molecule has 0 aromatic heterocycles. The Morgan fingerprint density at radius 1 is 1.21 bits per heavy atom. The highest BCUT2D eigenvalue weighted by Gasteiger charge is 2.16. The van der Waals surface area contributed by atoms with Crippen molar-refractivity contribution in [1.29, 1.82) is 0 Å². The molecule has 0 heterocycles. The molecule has 0 saturated heterocycles. The van der Waals surface area contributed by atoms with E-state index in [-0.39, 0.29) is 11.6 Å². The Morgan fingerprint density at radius 2 is 1.95 bits per heavy atom. The second-order valence-corrected chi connectivity index (χ2v) is 4.22. The molecule has 0 spiro atoms. The molecule has 2 N–H and O–H groups in total. The Balaban J connectivity index is 2.31. The number of anilines is 1. The van der Waals surface area contributed by atoms with Crippen molar-refractivity contribution in [1.82, 2.24) is 0 Å². The van der Waals surface area contributed by atoms with Crippen LogP contribution in [0.3, 0.4) is 0 Å². The lowest BCUT2D eigenvalue weighted by Gasteiger charge is -2.18. The van der Waals surface area contributed by atoms with E-state index in [1.54, 1.807) is 43.4 Å². The summed E-state index contributed by atoms with van der Waals surface area (Å²) >= 11 is 0. The molecule has 0 aliphatic rings. The summed E-state index contributed by atoms with van der Waals surface area (Å²) in [5, 5.41) is 0. The predicted octanol–water partition coefficient (Wildman–Crippen LogP) is 2.56. The maximum absolute atomic E-state index is 13.6. The normalized spacial score (nSPS) is 10.3. The molecule has 0 unspecified atom stereocenters. The first-order valence-corrected chi connectivity index (χ1v) is 5.95. The van der Waals surface area contributed by atoms with Crippen LogP contribution in [-0.2, 0) is 6.54 Å². The van der Waals surface area contributed by atoms with Gasteiger partial charge in [0, 0.05) is 19.2 Å². The zero-order valence-electron chi connectivity index (χ0n) is 10.6. The van der Waals surface area contributed by atoms with E-state index in [4.69, 9.17) is 5.73 Å². The minimum atomic E-state index is -0.423. The average Bonchev–Trinajstić information content (AvgIpc) is 2.46. The Hall–Kier alpha value is -2.20. The molecule has 2 aromatic carbocycles. The smallest absolute Gasteiger partial charge is 0.258 e. The summed E-state index contributed by atoms with van der Waals surface area (Å²) in [5.74, 6) is -0.686. The molecule has 2 aromatic rings. The third kappa shape index (κ3) is 2.80. The van der Waals surface area contributed by atoms with Gasteiger partial charge in [0.15, 0.2) is 0 Å². The first-order chi connectivity index (χ1) is 9.13. The maximum atomic E-state index is 13.6.